The van der Waals surface area contributed by atoms with Crippen LogP contribution in [0, 0.1) is 5.92 Å². The van der Waals surface area contributed by atoms with E-state index < -0.39 is 0 Å². The minimum absolute atomic E-state index is 0.297. The fourth-order valence-corrected chi connectivity index (χ4v) is 3.11. The van der Waals surface area contributed by atoms with Gasteiger partial charge in [0.2, 0.25) is 0 Å². The van der Waals surface area contributed by atoms with Crippen LogP contribution in [0.4, 0.5) is 5.69 Å². The molecule has 2 aromatic rings. The van der Waals surface area contributed by atoms with Crippen molar-refractivity contribution in [2.45, 2.75) is 19.9 Å². The molecule has 0 radical (unpaired) electrons. The van der Waals surface area contributed by atoms with E-state index in [-0.39, 0.29) is 0 Å². The summed E-state index contributed by atoms with van der Waals surface area (Å²) in [5, 5.41) is 6.29. The van der Waals surface area contributed by atoms with Gasteiger partial charge >= 0.3 is 0 Å². The second-order valence-corrected chi connectivity index (χ2v) is 6.12. The number of hydrogen-bond acceptors (Lipinski definition) is 3. The molecule has 0 aliphatic carbocycles. The Labute approximate surface area is 123 Å². The summed E-state index contributed by atoms with van der Waals surface area (Å²) in [5.41, 5.74) is 1.02. The largest absolute Gasteiger partial charge is 0.495 e. The van der Waals surface area contributed by atoms with Crippen molar-refractivity contribution in [2.75, 3.05) is 12.4 Å². The van der Waals surface area contributed by atoms with Gasteiger partial charge in [-0.15, -0.1) is 11.3 Å². The second kappa shape index (κ2) is 6.31. The first-order chi connectivity index (χ1) is 9.11. The third-order valence-corrected chi connectivity index (χ3v) is 4.26. The maximum absolute atomic E-state index is 6.04. The first kappa shape index (κ1) is 14.2. The Bertz CT molecular complexity index is 525. The van der Waals surface area contributed by atoms with Crippen LogP contribution >= 0.6 is 22.9 Å². The average Bonchev–Trinajstić information content (AvgIpc) is 2.91. The van der Waals surface area contributed by atoms with Crippen LogP contribution in [-0.4, -0.2) is 7.11 Å². The zero-order chi connectivity index (χ0) is 13.8. The van der Waals surface area contributed by atoms with E-state index in [4.69, 9.17) is 16.3 Å². The summed E-state index contributed by atoms with van der Waals surface area (Å²) >= 11 is 7.82. The lowest BCUT2D eigenvalue weighted by Gasteiger charge is -2.23. The van der Waals surface area contributed by atoms with Crippen LogP contribution in [0.25, 0.3) is 0 Å². The summed E-state index contributed by atoms with van der Waals surface area (Å²) in [7, 11) is 1.63. The molecule has 0 aliphatic rings. The van der Waals surface area contributed by atoms with E-state index >= 15 is 0 Å². The Hall–Kier alpha value is -1.19. The van der Waals surface area contributed by atoms with Crippen molar-refractivity contribution in [3.8, 4) is 5.75 Å². The molecule has 1 N–H and O–H groups in total. The van der Waals surface area contributed by atoms with E-state index in [2.05, 4.69) is 36.7 Å². The number of halogens is 1. The molecule has 102 valence electrons. The third kappa shape index (κ3) is 3.43. The summed E-state index contributed by atoms with van der Waals surface area (Å²) in [4.78, 5) is 1.34. The SMILES string of the molecule is COc1cc(NC(c2cccs2)C(C)C)ccc1Cl. The van der Waals surface area contributed by atoms with Gasteiger partial charge in [-0.1, -0.05) is 31.5 Å². The van der Waals surface area contributed by atoms with Gasteiger partial charge in [0, 0.05) is 16.6 Å². The lowest BCUT2D eigenvalue weighted by molar-refractivity contribution is 0.415. The van der Waals surface area contributed by atoms with Gasteiger partial charge in [-0.25, -0.2) is 0 Å². The number of nitrogens with one attached hydrogen (secondary N) is 1. The van der Waals surface area contributed by atoms with Crippen LogP contribution in [0.2, 0.25) is 5.02 Å². The summed E-state index contributed by atoms with van der Waals surface area (Å²) in [6.07, 6.45) is 0. The van der Waals surface area contributed by atoms with Gasteiger partial charge in [0.25, 0.3) is 0 Å². The van der Waals surface area contributed by atoms with Crippen LogP contribution in [0.5, 0.6) is 5.75 Å². The number of hydrogen-bond donors (Lipinski definition) is 1. The maximum atomic E-state index is 6.04. The minimum Gasteiger partial charge on any atom is -0.495 e. The van der Waals surface area contributed by atoms with Gasteiger partial charge in [0.05, 0.1) is 18.2 Å². The number of anilines is 1. The maximum Gasteiger partial charge on any atom is 0.139 e. The molecule has 1 aromatic heterocycles. The van der Waals surface area contributed by atoms with E-state index in [9.17, 15) is 0 Å². The lowest BCUT2D eigenvalue weighted by atomic mass is 10.0. The second-order valence-electron chi connectivity index (χ2n) is 4.73. The van der Waals surface area contributed by atoms with Crippen molar-refractivity contribution >= 4 is 28.6 Å². The summed E-state index contributed by atoms with van der Waals surface area (Å²) < 4.78 is 5.25. The van der Waals surface area contributed by atoms with Crippen molar-refractivity contribution in [3.05, 3.63) is 45.6 Å². The smallest absolute Gasteiger partial charge is 0.139 e. The lowest BCUT2D eigenvalue weighted by Crippen LogP contribution is -2.15. The molecule has 1 aromatic carbocycles. The van der Waals surface area contributed by atoms with Gasteiger partial charge in [0.15, 0.2) is 0 Å². The fraction of sp³-hybridized carbons (Fsp3) is 0.333. The van der Waals surface area contributed by atoms with Crippen LogP contribution in [0.15, 0.2) is 35.7 Å². The van der Waals surface area contributed by atoms with E-state index in [1.54, 1.807) is 18.4 Å². The first-order valence-electron chi connectivity index (χ1n) is 6.25. The molecule has 1 unspecified atom stereocenters. The number of methoxy groups -OCH3 is 1. The standard InChI is InChI=1S/C15H18ClNOS/c1-10(2)15(14-5-4-8-19-14)17-11-6-7-12(16)13(9-11)18-3/h4-10,15,17H,1-3H3. The molecule has 0 saturated carbocycles. The topological polar surface area (TPSA) is 21.3 Å². The third-order valence-electron chi connectivity index (χ3n) is 2.99. The highest BCUT2D eigenvalue weighted by Gasteiger charge is 2.17. The van der Waals surface area contributed by atoms with Crippen molar-refractivity contribution in [3.63, 3.8) is 0 Å². The van der Waals surface area contributed by atoms with E-state index in [1.807, 2.05) is 18.2 Å². The minimum atomic E-state index is 0.297. The Morgan fingerprint density at radius 3 is 2.63 bits per heavy atom. The monoisotopic (exact) mass is 295 g/mol. The highest BCUT2D eigenvalue weighted by atomic mass is 35.5. The van der Waals surface area contributed by atoms with Gasteiger partial charge in [-0.2, -0.15) is 0 Å². The van der Waals surface area contributed by atoms with Crippen molar-refractivity contribution in [2.24, 2.45) is 5.92 Å². The molecule has 19 heavy (non-hydrogen) atoms. The fourth-order valence-electron chi connectivity index (χ4n) is 1.96. The normalized spacial score (nSPS) is 12.5. The van der Waals surface area contributed by atoms with E-state index in [0.29, 0.717) is 22.7 Å². The predicted octanol–water partition coefficient (Wildman–Crippen LogP) is 5.22. The molecular weight excluding hydrogens is 278 g/mol. The average molecular weight is 296 g/mol. The molecule has 0 spiro atoms. The molecule has 0 saturated heterocycles. The van der Waals surface area contributed by atoms with Gasteiger partial charge in [-0.3, -0.25) is 0 Å². The van der Waals surface area contributed by atoms with Crippen LogP contribution in [0.3, 0.4) is 0 Å². The highest BCUT2D eigenvalue weighted by Crippen LogP contribution is 2.33. The molecule has 0 amide bonds. The van der Waals surface area contributed by atoms with E-state index in [0.717, 1.165) is 5.69 Å². The van der Waals surface area contributed by atoms with Crippen LogP contribution in [0.1, 0.15) is 24.8 Å². The Morgan fingerprint density at radius 1 is 1.26 bits per heavy atom. The van der Waals surface area contributed by atoms with Crippen molar-refractivity contribution in [1.29, 1.82) is 0 Å². The van der Waals surface area contributed by atoms with E-state index in [1.165, 1.54) is 4.88 Å². The van der Waals surface area contributed by atoms with Crippen molar-refractivity contribution in [1.82, 2.24) is 0 Å². The molecule has 0 bridgehead atoms. The Balaban J connectivity index is 2.22. The predicted molar refractivity (Wildman–Crippen MR) is 83.5 cm³/mol. The van der Waals surface area contributed by atoms with Gasteiger partial charge in [0.1, 0.15) is 5.75 Å². The highest BCUT2D eigenvalue weighted by molar-refractivity contribution is 7.10. The summed E-state index contributed by atoms with van der Waals surface area (Å²) in [6.45, 7) is 4.43. The molecule has 0 fully saturated rings. The van der Waals surface area contributed by atoms with Crippen LogP contribution in [-0.2, 0) is 0 Å². The molecular formula is C15H18ClNOS. The van der Waals surface area contributed by atoms with Crippen molar-refractivity contribution < 1.29 is 4.74 Å². The quantitative estimate of drug-likeness (QED) is 0.816. The first-order valence-corrected chi connectivity index (χ1v) is 7.51. The van der Waals surface area contributed by atoms with Gasteiger partial charge < -0.3 is 10.1 Å². The molecule has 4 heteroatoms. The molecule has 1 heterocycles. The number of ether oxygens (including phenoxy) is 1. The molecule has 0 aliphatic heterocycles. The molecule has 2 rings (SSSR count). The summed E-state index contributed by atoms with van der Waals surface area (Å²) in [5.74, 6) is 1.20. The number of benzene rings is 1. The zero-order valence-corrected chi connectivity index (χ0v) is 12.9. The number of thiophene rings is 1. The molecule has 1 atom stereocenters. The van der Waals surface area contributed by atoms with Crippen LogP contribution < -0.4 is 10.1 Å². The van der Waals surface area contributed by atoms with Gasteiger partial charge in [-0.05, 0) is 29.5 Å². The summed E-state index contributed by atoms with van der Waals surface area (Å²) in [6, 6.07) is 10.3. The number of rotatable bonds is 5. The zero-order valence-electron chi connectivity index (χ0n) is 11.3. The Morgan fingerprint density at radius 2 is 2.05 bits per heavy atom. The Kier molecular flexibility index (Phi) is 4.72. The molecule has 2 nitrogen and oxygen atoms in total.